The quantitative estimate of drug-likeness (QED) is 0.216. The van der Waals surface area contributed by atoms with E-state index in [4.69, 9.17) is 16.6 Å². The highest BCUT2D eigenvalue weighted by Gasteiger charge is 2.30. The van der Waals surface area contributed by atoms with Gasteiger partial charge >= 0.3 is 5.97 Å². The Morgan fingerprint density at radius 1 is 1.07 bits per heavy atom. The Bertz CT molecular complexity index is 736. The molecule has 4 atom stereocenters. The fraction of sp³-hybridized carbons (Fsp3) is 0.444. The van der Waals surface area contributed by atoms with Crippen molar-refractivity contribution < 1.29 is 34.5 Å². The maximum Gasteiger partial charge on any atom is 0.328 e. The van der Waals surface area contributed by atoms with E-state index in [9.17, 15) is 29.4 Å². The lowest BCUT2D eigenvalue weighted by Gasteiger charge is -2.23. The number of aliphatic carboxylic acids is 1. The Morgan fingerprint density at radius 2 is 1.66 bits per heavy atom. The molecule has 29 heavy (non-hydrogen) atoms. The Balaban J connectivity index is 2.83. The van der Waals surface area contributed by atoms with Gasteiger partial charge in [0, 0.05) is 6.42 Å². The zero-order valence-corrected chi connectivity index (χ0v) is 15.9. The molecule has 160 valence electrons. The number of aromatic hydroxyl groups is 1. The molecule has 0 spiro atoms. The maximum absolute atomic E-state index is 12.4. The summed E-state index contributed by atoms with van der Waals surface area (Å²) in [6.07, 6.45) is -1.69. The molecule has 0 heterocycles. The SMILES string of the molecule is C[C@@H](O)[C@H](NC(=O)[C@H](CCC(N)=O)NC(=O)[C@@H](N)Cc1ccc(O)cc1)C(=O)O. The van der Waals surface area contributed by atoms with E-state index >= 15 is 0 Å². The van der Waals surface area contributed by atoms with Gasteiger partial charge in [-0.05, 0) is 37.5 Å². The molecule has 0 saturated carbocycles. The lowest BCUT2D eigenvalue weighted by Crippen LogP contribution is -2.56. The predicted octanol–water partition coefficient (Wildman–Crippen LogP) is -2.04. The van der Waals surface area contributed by atoms with Crippen molar-refractivity contribution in [2.45, 2.75) is 50.4 Å². The van der Waals surface area contributed by atoms with Crippen LogP contribution in [0.1, 0.15) is 25.3 Å². The highest BCUT2D eigenvalue weighted by molar-refractivity contribution is 5.92. The van der Waals surface area contributed by atoms with E-state index in [0.717, 1.165) is 0 Å². The first-order valence-corrected chi connectivity index (χ1v) is 8.84. The normalized spacial score (nSPS) is 14.9. The molecule has 0 aliphatic rings. The van der Waals surface area contributed by atoms with Crippen molar-refractivity contribution in [3.63, 3.8) is 0 Å². The molecule has 0 aliphatic heterocycles. The molecule has 1 aromatic carbocycles. The number of hydrogen-bond donors (Lipinski definition) is 7. The van der Waals surface area contributed by atoms with Crippen LogP contribution < -0.4 is 22.1 Å². The third-order valence-corrected chi connectivity index (χ3v) is 4.09. The second kappa shape index (κ2) is 11.0. The van der Waals surface area contributed by atoms with Gasteiger partial charge in [0.15, 0.2) is 6.04 Å². The largest absolute Gasteiger partial charge is 0.508 e. The summed E-state index contributed by atoms with van der Waals surface area (Å²) in [4.78, 5) is 47.0. The molecule has 11 heteroatoms. The number of nitrogens with one attached hydrogen (secondary N) is 2. The van der Waals surface area contributed by atoms with Crippen LogP contribution in [-0.2, 0) is 25.6 Å². The number of primary amides is 1. The summed E-state index contributed by atoms with van der Waals surface area (Å²) in [7, 11) is 0. The number of carbonyl (C=O) groups excluding carboxylic acids is 3. The van der Waals surface area contributed by atoms with Gasteiger partial charge in [-0.2, -0.15) is 0 Å². The van der Waals surface area contributed by atoms with E-state index in [1.165, 1.54) is 19.1 Å². The first-order chi connectivity index (χ1) is 13.5. The number of carboxylic acids is 1. The second-order valence-electron chi connectivity index (χ2n) is 6.61. The average molecular weight is 410 g/mol. The van der Waals surface area contributed by atoms with Gasteiger partial charge in [0.1, 0.15) is 11.8 Å². The molecular weight excluding hydrogens is 384 g/mol. The zero-order chi connectivity index (χ0) is 22.1. The number of phenols is 1. The van der Waals surface area contributed by atoms with Crippen molar-refractivity contribution in [2.75, 3.05) is 0 Å². The van der Waals surface area contributed by atoms with E-state index in [0.29, 0.717) is 5.56 Å². The van der Waals surface area contributed by atoms with Crippen LogP contribution in [0.4, 0.5) is 0 Å². The van der Waals surface area contributed by atoms with Gasteiger partial charge in [0.05, 0.1) is 12.1 Å². The van der Waals surface area contributed by atoms with Gasteiger partial charge < -0.3 is 37.4 Å². The van der Waals surface area contributed by atoms with Crippen molar-refractivity contribution in [1.29, 1.82) is 0 Å². The minimum absolute atomic E-state index is 0.0565. The zero-order valence-electron chi connectivity index (χ0n) is 15.9. The number of nitrogens with two attached hydrogens (primary N) is 2. The molecule has 9 N–H and O–H groups in total. The monoisotopic (exact) mass is 410 g/mol. The van der Waals surface area contributed by atoms with Crippen LogP contribution in [0, 0.1) is 0 Å². The number of hydrogen-bond acceptors (Lipinski definition) is 7. The average Bonchev–Trinajstić information content (AvgIpc) is 2.63. The lowest BCUT2D eigenvalue weighted by atomic mass is 10.0. The Labute approximate surface area is 167 Å². The summed E-state index contributed by atoms with van der Waals surface area (Å²) in [5.41, 5.74) is 11.6. The lowest BCUT2D eigenvalue weighted by molar-refractivity contribution is -0.145. The Morgan fingerprint density at radius 3 is 2.14 bits per heavy atom. The third-order valence-electron chi connectivity index (χ3n) is 4.09. The van der Waals surface area contributed by atoms with Crippen LogP contribution in [0.3, 0.4) is 0 Å². The number of aliphatic hydroxyl groups is 1. The summed E-state index contributed by atoms with van der Waals surface area (Å²) in [5.74, 6) is -3.72. The predicted molar refractivity (Wildman–Crippen MR) is 101 cm³/mol. The summed E-state index contributed by atoms with van der Waals surface area (Å²) >= 11 is 0. The summed E-state index contributed by atoms with van der Waals surface area (Å²) in [6.45, 7) is 1.18. The van der Waals surface area contributed by atoms with Gasteiger partial charge in [0.2, 0.25) is 17.7 Å². The van der Waals surface area contributed by atoms with E-state index < -0.39 is 47.9 Å². The summed E-state index contributed by atoms with van der Waals surface area (Å²) in [6, 6.07) is 2.12. The fourth-order valence-electron chi connectivity index (χ4n) is 2.46. The molecule has 0 bridgehead atoms. The molecule has 0 aromatic heterocycles. The molecule has 0 unspecified atom stereocenters. The number of aliphatic hydroxyl groups excluding tert-OH is 1. The first kappa shape index (κ1) is 23.9. The fourth-order valence-corrected chi connectivity index (χ4v) is 2.46. The number of rotatable bonds is 11. The molecule has 11 nitrogen and oxygen atoms in total. The van der Waals surface area contributed by atoms with Crippen molar-refractivity contribution in [1.82, 2.24) is 10.6 Å². The number of phenolic OH excluding ortho intramolecular Hbond substituents is 1. The smallest absolute Gasteiger partial charge is 0.328 e. The summed E-state index contributed by atoms with van der Waals surface area (Å²) in [5, 5.41) is 32.3. The highest BCUT2D eigenvalue weighted by atomic mass is 16.4. The molecule has 1 aromatic rings. The Kier molecular flexibility index (Phi) is 9.03. The van der Waals surface area contributed by atoms with Crippen molar-refractivity contribution in [3.8, 4) is 5.75 Å². The summed E-state index contributed by atoms with van der Waals surface area (Å²) < 4.78 is 0. The minimum atomic E-state index is -1.60. The molecule has 0 aliphatic carbocycles. The van der Waals surface area contributed by atoms with E-state index in [-0.39, 0.29) is 25.0 Å². The van der Waals surface area contributed by atoms with Gasteiger partial charge in [-0.3, -0.25) is 14.4 Å². The maximum atomic E-state index is 12.4. The van der Waals surface area contributed by atoms with Crippen LogP contribution in [0.5, 0.6) is 5.75 Å². The number of amides is 3. The van der Waals surface area contributed by atoms with Crippen LogP contribution in [0.2, 0.25) is 0 Å². The van der Waals surface area contributed by atoms with Gasteiger partial charge in [-0.25, -0.2) is 4.79 Å². The van der Waals surface area contributed by atoms with E-state index in [2.05, 4.69) is 10.6 Å². The molecular formula is C18H26N4O7. The molecule has 0 saturated heterocycles. The second-order valence-corrected chi connectivity index (χ2v) is 6.61. The highest BCUT2D eigenvalue weighted by Crippen LogP contribution is 2.11. The molecule has 1 rings (SSSR count). The van der Waals surface area contributed by atoms with Crippen molar-refractivity contribution in [2.24, 2.45) is 11.5 Å². The van der Waals surface area contributed by atoms with Crippen molar-refractivity contribution >= 4 is 23.7 Å². The van der Waals surface area contributed by atoms with Crippen molar-refractivity contribution in [3.05, 3.63) is 29.8 Å². The van der Waals surface area contributed by atoms with E-state index in [1.54, 1.807) is 12.1 Å². The number of benzene rings is 1. The molecule has 3 amide bonds. The first-order valence-electron chi connectivity index (χ1n) is 8.84. The van der Waals surface area contributed by atoms with Crippen LogP contribution in [0.15, 0.2) is 24.3 Å². The molecule has 0 radical (unpaired) electrons. The van der Waals surface area contributed by atoms with Crippen LogP contribution in [0.25, 0.3) is 0 Å². The van der Waals surface area contributed by atoms with E-state index in [1.807, 2.05) is 0 Å². The number of carboxylic acid groups (broad SMARTS) is 1. The van der Waals surface area contributed by atoms with Gasteiger partial charge in [0.25, 0.3) is 0 Å². The minimum Gasteiger partial charge on any atom is -0.508 e. The third kappa shape index (κ3) is 8.15. The Hall–Kier alpha value is -3.18. The topological polar surface area (TPSA) is 205 Å². The molecule has 0 fully saturated rings. The van der Waals surface area contributed by atoms with Crippen LogP contribution in [-0.4, -0.2) is 63.2 Å². The standard InChI is InChI=1S/C18H26N4O7/c1-9(23)15(18(28)29)22-17(27)13(6-7-14(20)25)21-16(26)12(19)8-10-2-4-11(24)5-3-10/h2-5,9,12-13,15,23-24H,6-8,19H2,1H3,(H2,20,25)(H,21,26)(H,22,27)(H,28,29)/t9-,12+,13+,15+/m1/s1. The van der Waals surface area contributed by atoms with Gasteiger partial charge in [-0.1, -0.05) is 12.1 Å². The van der Waals surface area contributed by atoms with Gasteiger partial charge in [-0.15, -0.1) is 0 Å². The van der Waals surface area contributed by atoms with Crippen LogP contribution >= 0.6 is 0 Å². The number of carbonyl (C=O) groups is 4.